The van der Waals surface area contributed by atoms with E-state index in [2.05, 4.69) is 113 Å². The van der Waals surface area contributed by atoms with Gasteiger partial charge in [-0.15, -0.1) is 0 Å². The minimum absolute atomic E-state index is 0.114. The summed E-state index contributed by atoms with van der Waals surface area (Å²) in [6.45, 7) is 10.2. The predicted octanol–water partition coefficient (Wildman–Crippen LogP) is 23.3. The third-order valence-electron chi connectivity index (χ3n) is 21.4. The van der Waals surface area contributed by atoms with Crippen molar-refractivity contribution in [3.05, 3.63) is 308 Å². The molecule has 4 nitrogen and oxygen atoms in total. The van der Waals surface area contributed by atoms with Crippen LogP contribution in [0.25, 0.3) is 89.5 Å². The molecule has 103 heavy (non-hydrogen) atoms. The number of fused-ring (bicyclic) bond motifs is 2. The monoisotopic (exact) mass is 1380 g/mol. The Bertz CT molecular complexity index is 5970. The highest BCUT2D eigenvalue weighted by atomic mass is 14.9. The molecule has 4 heteroatoms. The van der Waals surface area contributed by atoms with Crippen molar-refractivity contribution in [2.24, 2.45) is 28.2 Å². The standard InChI is InChI=1S/C28H34N.C26H30N.C23H24N.C22H24N/c1-19-15-20(2)23(16-22(19)21-11-9-8-10-12-21)26-17-24-25(18-29(26)7)28(5,6)14-13-27(24,3)4;1-18-14-19(2)25(15-23(18)21-10-6-5-7-11-21)26-16-24(20(3)17-27(26)4)22-12-8-9-13-22;1-16-12-17(2)22(14-21(16)18-8-5-4-6-9-18)23-13-19-10-7-11-20(19)15-24(23)3;1-15-10-11-20(17(3)12-15)22-13-18(4)21(14-23(22)5)19-9-7-6-8-16(19)2/h8-12,15-18H,13-14H2,1-7H3;5-7,10-11,14-17,22H,8-9,12-13H2,1-4H3;4-6,8-9,12-15H,7,10-11H2,1-3H3;6-14H,1-5H3/q4*+1/i1D3;1D3,3D3,22D;1D3,10D2,11D2;1D3. The van der Waals surface area contributed by atoms with Gasteiger partial charge in [0, 0.05) is 96.2 Å². The molecule has 0 radical (unpaired) electrons. The van der Waals surface area contributed by atoms with Crippen LogP contribution in [0.15, 0.2) is 219 Å². The fourth-order valence-corrected chi connectivity index (χ4v) is 15.3. The zero-order valence-electron chi connectivity index (χ0n) is 82.5. The molecule has 4 heterocycles. The van der Waals surface area contributed by atoms with Crippen LogP contribution in [0.5, 0.6) is 0 Å². The summed E-state index contributed by atoms with van der Waals surface area (Å²) in [7, 11) is 7.75. The summed E-state index contributed by atoms with van der Waals surface area (Å²) in [4.78, 5) is 0. The van der Waals surface area contributed by atoms with Gasteiger partial charge in [-0.3, -0.25) is 0 Å². The second kappa shape index (κ2) is 30.7. The normalized spacial score (nSPS) is 18.9. The number of pyridine rings is 4. The first-order valence-electron chi connectivity index (χ1n) is 46.1. The number of benzene rings is 8. The lowest BCUT2D eigenvalue weighted by Crippen LogP contribution is -2.40. The molecule has 0 N–H and O–H groups in total. The second-order valence-electron chi connectivity index (χ2n) is 29.8. The van der Waals surface area contributed by atoms with E-state index in [0.717, 1.165) is 103 Å². The van der Waals surface area contributed by atoms with Crippen molar-refractivity contribution in [2.75, 3.05) is 0 Å². The first kappa shape index (κ1) is 51.5. The Morgan fingerprint density at radius 2 is 0.767 bits per heavy atom. The molecule has 1 saturated carbocycles. The van der Waals surface area contributed by atoms with Gasteiger partial charge in [-0.1, -0.05) is 192 Å². The number of aromatic nitrogens is 4. The lowest BCUT2D eigenvalue weighted by Gasteiger charge is -2.40. The molecule has 0 atom stereocenters. The zero-order chi connectivity index (χ0) is 90.2. The van der Waals surface area contributed by atoms with E-state index in [0.29, 0.717) is 57.5 Å². The summed E-state index contributed by atoms with van der Waals surface area (Å²) >= 11 is 0. The zero-order valence-corrected chi connectivity index (χ0v) is 62.5. The van der Waals surface area contributed by atoms with Gasteiger partial charge in [0.25, 0.3) is 0 Å². The quantitative estimate of drug-likeness (QED) is 0.128. The largest absolute Gasteiger partial charge is 0.212 e. The highest BCUT2D eigenvalue weighted by Crippen LogP contribution is 2.47. The van der Waals surface area contributed by atoms with E-state index >= 15 is 0 Å². The SMILES string of the molecule is [2H]C([2H])([2H])c1cc(C)c(-c2cc(C3([2H])CCCC3)c(C([2H])([2H])[2H])c[n+]2C)cc1-c1ccccc1.[2H]C([2H])([2H])c1cc(C)c(-c2cc3c(c[n+]2C)C(C)(C)CCC3(C)C)cc1-c1ccccc1.[2H]C([2H])([2H])c1cc(C)c(-c2cc3c(c[n+]2C)C([2H])([2H])CC3([2H])[2H])cc1-c1ccccc1.[2H]C([2H])([2H])c1ccc(-c2cc(C)c(-c3ccccc3C)c[n+]2C)c(C)c1. The van der Waals surface area contributed by atoms with Gasteiger partial charge in [-0.05, 0) is 267 Å². The summed E-state index contributed by atoms with van der Waals surface area (Å²) < 4.78 is 170. The van der Waals surface area contributed by atoms with E-state index in [-0.39, 0.29) is 33.9 Å². The van der Waals surface area contributed by atoms with Crippen molar-refractivity contribution in [3.63, 3.8) is 0 Å². The number of hydrogen-bond donors (Lipinski definition) is 0. The third-order valence-corrected chi connectivity index (χ3v) is 21.4. The van der Waals surface area contributed by atoms with E-state index in [1.165, 1.54) is 39.8 Å². The smallest absolute Gasteiger partial charge is 0.201 e. The molecule has 15 rings (SSSR count). The lowest BCUT2D eigenvalue weighted by molar-refractivity contribution is -0.661. The molecule has 8 aromatic carbocycles. The van der Waals surface area contributed by atoms with Crippen LogP contribution in [-0.2, 0) is 51.8 Å². The number of rotatable bonds is 9. The van der Waals surface area contributed by atoms with E-state index in [1.807, 2.05) is 156 Å². The first-order chi connectivity index (χ1) is 57.1. The topological polar surface area (TPSA) is 15.5 Å². The van der Waals surface area contributed by atoms with Crippen molar-refractivity contribution < 1.29 is 45.7 Å². The molecule has 0 spiro atoms. The van der Waals surface area contributed by atoms with Gasteiger partial charge in [0.2, 0.25) is 22.8 Å². The van der Waals surface area contributed by atoms with Crippen LogP contribution in [0, 0.1) is 75.8 Å². The summed E-state index contributed by atoms with van der Waals surface area (Å²) in [5.41, 5.74) is 26.4. The Morgan fingerprint density at radius 3 is 1.28 bits per heavy atom. The van der Waals surface area contributed by atoms with Gasteiger partial charge in [0.1, 0.15) is 28.2 Å². The van der Waals surface area contributed by atoms with Crippen molar-refractivity contribution in [1.82, 2.24) is 0 Å². The molecule has 4 aromatic heterocycles. The molecule has 12 aromatic rings. The maximum Gasteiger partial charge on any atom is 0.212 e. The molecular weight excluding hydrogens is 1250 g/mol. The maximum atomic E-state index is 9.08. The van der Waals surface area contributed by atoms with E-state index in [9.17, 15) is 0 Å². The average Bonchev–Trinajstić information content (AvgIpc) is 1.64. The minimum Gasteiger partial charge on any atom is -0.201 e. The van der Waals surface area contributed by atoms with Crippen LogP contribution in [0.1, 0.15) is 195 Å². The van der Waals surface area contributed by atoms with Crippen LogP contribution in [-0.4, -0.2) is 0 Å². The van der Waals surface area contributed by atoms with E-state index < -0.39 is 52.9 Å². The Hall–Kier alpha value is -9.64. The third kappa shape index (κ3) is 15.8. The van der Waals surface area contributed by atoms with Crippen molar-refractivity contribution in [3.8, 4) is 89.5 Å². The summed E-state index contributed by atoms with van der Waals surface area (Å²) in [5, 5.41) is 0. The van der Waals surface area contributed by atoms with Gasteiger partial charge in [-0.2, -0.15) is 0 Å². The number of aryl methyl sites for hydroxylation is 17. The Kier molecular flexibility index (Phi) is 15.4. The fraction of sp³-hybridized carbons (Fsp3) is 0.313. The molecule has 0 amide bonds. The molecule has 0 aliphatic heterocycles. The lowest BCUT2D eigenvalue weighted by atomic mass is 9.63. The van der Waals surface area contributed by atoms with Gasteiger partial charge in [-0.25, -0.2) is 18.3 Å². The maximum absolute atomic E-state index is 9.08. The van der Waals surface area contributed by atoms with Crippen LogP contribution in [0.4, 0.5) is 0 Å². The summed E-state index contributed by atoms with van der Waals surface area (Å²) in [5.74, 6) is -0.929. The number of hydrogen-bond acceptors (Lipinski definition) is 0. The Labute approximate surface area is 646 Å². The van der Waals surface area contributed by atoms with Crippen molar-refractivity contribution >= 4 is 0 Å². The Balaban J connectivity index is 0.000000150. The van der Waals surface area contributed by atoms with Crippen LogP contribution in [0.2, 0.25) is 0 Å². The van der Waals surface area contributed by atoms with Crippen LogP contribution >= 0.6 is 0 Å². The predicted molar refractivity (Wildman–Crippen MR) is 435 cm³/mol. The average molecular weight is 1380 g/mol. The van der Waals surface area contributed by atoms with E-state index in [1.54, 1.807) is 66.0 Å². The molecular formula is C99H112N4+4. The van der Waals surface area contributed by atoms with Crippen LogP contribution in [0.3, 0.4) is 0 Å². The van der Waals surface area contributed by atoms with Gasteiger partial charge < -0.3 is 0 Å². The Morgan fingerprint density at radius 1 is 0.330 bits per heavy atom. The minimum atomic E-state index is -2.32. The molecule has 3 aliphatic rings. The van der Waals surface area contributed by atoms with Crippen molar-refractivity contribution in [1.29, 1.82) is 0 Å². The molecule has 0 bridgehead atoms. The molecule has 524 valence electrons. The van der Waals surface area contributed by atoms with E-state index in [4.69, 9.17) is 27.4 Å². The van der Waals surface area contributed by atoms with Gasteiger partial charge in [0.05, 0.1) is 0 Å². The molecule has 1 fully saturated rings. The number of nitrogens with zero attached hydrogens (tertiary/aromatic N) is 4. The molecule has 0 saturated heterocycles. The highest BCUT2D eigenvalue weighted by Gasteiger charge is 2.40. The molecule has 0 unspecified atom stereocenters. The van der Waals surface area contributed by atoms with Crippen molar-refractivity contribution in [2.45, 2.75) is 178 Å². The van der Waals surface area contributed by atoms with Gasteiger partial charge >= 0.3 is 0 Å². The van der Waals surface area contributed by atoms with Crippen LogP contribution < -0.4 is 18.3 Å². The van der Waals surface area contributed by atoms with Gasteiger partial charge in [0.15, 0.2) is 24.8 Å². The highest BCUT2D eigenvalue weighted by molar-refractivity contribution is 5.79. The summed E-state index contributed by atoms with van der Waals surface area (Å²) in [6, 6.07) is 61.6. The fourth-order valence-electron chi connectivity index (χ4n) is 15.3. The summed E-state index contributed by atoms with van der Waals surface area (Å²) in [6.07, 6.45) is 9.45. The molecule has 3 aliphatic carbocycles. The second-order valence-corrected chi connectivity index (χ2v) is 29.8. The first-order valence-corrected chi connectivity index (χ1v) is 36.1.